The summed E-state index contributed by atoms with van der Waals surface area (Å²) in [5, 5.41) is 0. The van der Waals surface area contributed by atoms with Gasteiger partial charge in [0.15, 0.2) is 0 Å². The first-order valence-electron chi connectivity index (χ1n) is 4.18. The zero-order valence-corrected chi connectivity index (χ0v) is 7.67. The van der Waals surface area contributed by atoms with Crippen LogP contribution in [-0.4, -0.2) is 38.1 Å². The van der Waals surface area contributed by atoms with E-state index in [2.05, 4.69) is 16.7 Å². The first-order valence-corrected chi connectivity index (χ1v) is 4.18. The Kier molecular flexibility index (Phi) is 3.29. The van der Waals surface area contributed by atoms with E-state index in [-0.39, 0.29) is 5.97 Å². The Balaban J connectivity index is 2.50. The van der Waals surface area contributed by atoms with E-state index in [9.17, 15) is 4.79 Å². The molecule has 1 fully saturated rings. The largest absolute Gasteiger partial charge is 0.466 e. The van der Waals surface area contributed by atoms with Crippen molar-refractivity contribution in [2.24, 2.45) is 0 Å². The summed E-state index contributed by atoms with van der Waals surface area (Å²) >= 11 is 0. The van der Waals surface area contributed by atoms with Crippen LogP contribution in [0, 0.1) is 0 Å². The highest BCUT2D eigenvalue weighted by molar-refractivity contribution is 5.82. The zero-order valence-electron chi connectivity index (χ0n) is 7.67. The summed E-state index contributed by atoms with van der Waals surface area (Å²) in [4.78, 5) is 13.1. The van der Waals surface area contributed by atoms with Crippen molar-refractivity contribution in [3.05, 3.63) is 11.6 Å². The molecule has 1 heterocycles. The minimum Gasteiger partial charge on any atom is -0.466 e. The summed E-state index contributed by atoms with van der Waals surface area (Å²) in [6.07, 6.45) is 3.77. The highest BCUT2D eigenvalue weighted by atomic mass is 16.5. The summed E-state index contributed by atoms with van der Waals surface area (Å²) in [6.45, 7) is 2.02. The van der Waals surface area contributed by atoms with Gasteiger partial charge in [-0.15, -0.1) is 0 Å². The molecule has 0 unspecified atom stereocenters. The van der Waals surface area contributed by atoms with Crippen LogP contribution in [0.2, 0.25) is 0 Å². The Morgan fingerprint density at radius 1 is 1.67 bits per heavy atom. The number of methoxy groups -OCH3 is 1. The molecular formula is C9H15NO2. The van der Waals surface area contributed by atoms with E-state index in [1.165, 1.54) is 12.7 Å². The van der Waals surface area contributed by atoms with E-state index in [0.717, 1.165) is 25.9 Å². The Morgan fingerprint density at radius 2 is 2.42 bits per heavy atom. The normalized spacial score (nSPS) is 22.7. The molecule has 0 spiro atoms. The van der Waals surface area contributed by atoms with Gasteiger partial charge in [0.1, 0.15) is 0 Å². The second-order valence-corrected chi connectivity index (χ2v) is 3.17. The predicted molar refractivity (Wildman–Crippen MR) is 46.8 cm³/mol. The molecule has 12 heavy (non-hydrogen) atoms. The Bertz CT molecular complexity index is 199. The van der Waals surface area contributed by atoms with Gasteiger partial charge in [-0.3, -0.25) is 0 Å². The molecule has 1 rings (SSSR count). The summed E-state index contributed by atoms with van der Waals surface area (Å²) < 4.78 is 4.55. The highest BCUT2D eigenvalue weighted by Crippen LogP contribution is 2.13. The van der Waals surface area contributed by atoms with Crippen LogP contribution in [-0.2, 0) is 9.53 Å². The summed E-state index contributed by atoms with van der Waals surface area (Å²) in [6, 6.07) is 0. The molecule has 0 atom stereocenters. The molecule has 68 valence electrons. The quantitative estimate of drug-likeness (QED) is 0.430. The fourth-order valence-corrected chi connectivity index (χ4v) is 1.42. The van der Waals surface area contributed by atoms with Crippen LogP contribution in [0.15, 0.2) is 11.6 Å². The van der Waals surface area contributed by atoms with Gasteiger partial charge in [-0.05, 0) is 32.0 Å². The second kappa shape index (κ2) is 4.26. The van der Waals surface area contributed by atoms with Crippen molar-refractivity contribution in [3.63, 3.8) is 0 Å². The number of nitrogens with zero attached hydrogens (tertiary/aromatic N) is 1. The van der Waals surface area contributed by atoms with E-state index in [4.69, 9.17) is 0 Å². The number of esters is 1. The number of ether oxygens (including phenoxy) is 1. The van der Waals surface area contributed by atoms with E-state index >= 15 is 0 Å². The SMILES string of the molecule is COC(=O)/C=C1/CCCN(C)C1. The Labute approximate surface area is 73.0 Å². The van der Waals surface area contributed by atoms with Gasteiger partial charge in [-0.25, -0.2) is 4.79 Å². The van der Waals surface area contributed by atoms with Crippen LogP contribution in [0.5, 0.6) is 0 Å². The lowest BCUT2D eigenvalue weighted by molar-refractivity contribution is -0.134. The summed E-state index contributed by atoms with van der Waals surface area (Å²) in [7, 11) is 3.47. The van der Waals surface area contributed by atoms with Crippen LogP contribution in [0.25, 0.3) is 0 Å². The molecule has 0 amide bonds. The van der Waals surface area contributed by atoms with Crippen LogP contribution >= 0.6 is 0 Å². The van der Waals surface area contributed by atoms with Crippen LogP contribution in [0.1, 0.15) is 12.8 Å². The van der Waals surface area contributed by atoms with Gasteiger partial charge >= 0.3 is 5.97 Å². The number of carbonyl (C=O) groups excluding carboxylic acids is 1. The molecule has 0 aromatic rings. The average Bonchev–Trinajstić information content (AvgIpc) is 2.04. The molecule has 1 aliphatic rings. The first-order chi connectivity index (χ1) is 5.72. The maximum atomic E-state index is 10.9. The number of likely N-dealkylation sites (N-methyl/N-ethyl adjacent to an activating group) is 1. The fraction of sp³-hybridized carbons (Fsp3) is 0.667. The Morgan fingerprint density at radius 3 is 3.00 bits per heavy atom. The van der Waals surface area contributed by atoms with Crippen LogP contribution in [0.3, 0.4) is 0 Å². The molecule has 3 nitrogen and oxygen atoms in total. The molecule has 0 bridgehead atoms. The van der Waals surface area contributed by atoms with Crippen molar-refractivity contribution < 1.29 is 9.53 Å². The molecule has 3 heteroatoms. The molecule has 0 N–H and O–H groups in total. The Hall–Kier alpha value is -0.830. The molecule has 1 aliphatic heterocycles. The van der Waals surface area contributed by atoms with Crippen LogP contribution in [0.4, 0.5) is 0 Å². The molecule has 0 aliphatic carbocycles. The lowest BCUT2D eigenvalue weighted by Crippen LogP contribution is -2.27. The van der Waals surface area contributed by atoms with E-state index in [1.807, 2.05) is 0 Å². The van der Waals surface area contributed by atoms with Crippen molar-refractivity contribution in [1.82, 2.24) is 4.90 Å². The van der Waals surface area contributed by atoms with Gasteiger partial charge in [0.2, 0.25) is 0 Å². The third-order valence-electron chi connectivity index (χ3n) is 2.03. The highest BCUT2D eigenvalue weighted by Gasteiger charge is 2.11. The minimum atomic E-state index is -0.236. The van der Waals surface area contributed by atoms with Crippen LogP contribution < -0.4 is 0 Å². The molecular weight excluding hydrogens is 154 g/mol. The summed E-state index contributed by atoms with van der Waals surface area (Å²) in [5.74, 6) is -0.236. The van der Waals surface area contributed by atoms with E-state index in [0.29, 0.717) is 0 Å². The lowest BCUT2D eigenvalue weighted by Gasteiger charge is -2.23. The monoisotopic (exact) mass is 169 g/mol. The molecule has 0 saturated carbocycles. The maximum absolute atomic E-state index is 10.9. The van der Waals surface area contributed by atoms with Crippen molar-refractivity contribution >= 4 is 5.97 Å². The number of hydrogen-bond donors (Lipinski definition) is 0. The van der Waals surface area contributed by atoms with Gasteiger partial charge in [0.25, 0.3) is 0 Å². The molecule has 0 aromatic heterocycles. The second-order valence-electron chi connectivity index (χ2n) is 3.17. The number of piperidine rings is 1. The third kappa shape index (κ3) is 2.66. The lowest BCUT2D eigenvalue weighted by atomic mass is 10.1. The number of carbonyl (C=O) groups is 1. The van der Waals surface area contributed by atoms with E-state index in [1.54, 1.807) is 6.08 Å². The smallest absolute Gasteiger partial charge is 0.330 e. The first kappa shape index (κ1) is 9.26. The zero-order chi connectivity index (χ0) is 8.97. The number of rotatable bonds is 1. The number of hydrogen-bond acceptors (Lipinski definition) is 3. The third-order valence-corrected chi connectivity index (χ3v) is 2.03. The maximum Gasteiger partial charge on any atom is 0.330 e. The van der Waals surface area contributed by atoms with E-state index < -0.39 is 0 Å². The standard InChI is InChI=1S/C9H15NO2/c1-10-5-3-4-8(7-10)6-9(11)12-2/h6H,3-5,7H2,1-2H3/b8-6-. The average molecular weight is 169 g/mol. The number of likely N-dealkylation sites (tertiary alicyclic amines) is 1. The van der Waals surface area contributed by atoms with Gasteiger partial charge in [-0.1, -0.05) is 0 Å². The van der Waals surface area contributed by atoms with Gasteiger partial charge in [0, 0.05) is 12.6 Å². The topological polar surface area (TPSA) is 29.5 Å². The van der Waals surface area contributed by atoms with Crippen molar-refractivity contribution in [2.75, 3.05) is 27.2 Å². The van der Waals surface area contributed by atoms with Crippen molar-refractivity contribution in [2.45, 2.75) is 12.8 Å². The fourth-order valence-electron chi connectivity index (χ4n) is 1.42. The summed E-state index contributed by atoms with van der Waals surface area (Å²) in [5.41, 5.74) is 1.18. The molecule has 1 saturated heterocycles. The van der Waals surface area contributed by atoms with Crippen molar-refractivity contribution in [1.29, 1.82) is 0 Å². The van der Waals surface area contributed by atoms with Gasteiger partial charge in [-0.2, -0.15) is 0 Å². The van der Waals surface area contributed by atoms with Gasteiger partial charge < -0.3 is 9.64 Å². The minimum absolute atomic E-state index is 0.236. The van der Waals surface area contributed by atoms with Crippen molar-refractivity contribution in [3.8, 4) is 0 Å². The van der Waals surface area contributed by atoms with Gasteiger partial charge in [0.05, 0.1) is 7.11 Å². The molecule has 0 radical (unpaired) electrons. The predicted octanol–water partition coefficient (Wildman–Crippen LogP) is 0.811. The molecule has 0 aromatic carbocycles.